The van der Waals surface area contributed by atoms with Gasteiger partial charge in [0.25, 0.3) is 0 Å². The van der Waals surface area contributed by atoms with Crippen molar-refractivity contribution >= 4 is 16.8 Å². The van der Waals surface area contributed by atoms with E-state index in [1.165, 1.54) is 12.1 Å². The van der Waals surface area contributed by atoms with Gasteiger partial charge in [-0.25, -0.2) is 4.39 Å². The summed E-state index contributed by atoms with van der Waals surface area (Å²) in [6.07, 6.45) is 5.82. The Morgan fingerprint density at radius 1 is 1.28 bits per heavy atom. The molecule has 3 heterocycles. The van der Waals surface area contributed by atoms with Crippen LogP contribution in [0.5, 0.6) is 0 Å². The van der Waals surface area contributed by atoms with Crippen molar-refractivity contribution in [3.05, 3.63) is 42.1 Å². The Kier molecular flexibility index (Phi) is 3.82. The number of fused-ring (bicyclic) bond motifs is 1. The zero-order chi connectivity index (χ0) is 17.6. The van der Waals surface area contributed by atoms with Gasteiger partial charge < -0.3 is 9.88 Å². The molecule has 1 saturated heterocycles. The standard InChI is InChI=1S/C19H21FN4O/c1-12-18(17-10-21-19-9-14(20)3-4-16(17)19)11-24(22-12)15-5-7-23(8-6-15)13(2)25/h3-4,9-11,15,21H,5-8H2,1-2H3. The molecule has 0 unspecified atom stereocenters. The van der Waals surface area contributed by atoms with Gasteiger partial charge in [0.1, 0.15) is 5.82 Å². The molecule has 3 aromatic rings. The second-order valence-electron chi connectivity index (χ2n) is 6.74. The monoisotopic (exact) mass is 340 g/mol. The second-order valence-corrected chi connectivity index (χ2v) is 6.74. The van der Waals surface area contributed by atoms with Gasteiger partial charge in [0, 0.05) is 54.4 Å². The molecule has 1 amide bonds. The number of rotatable bonds is 2. The Balaban J connectivity index is 1.63. The van der Waals surface area contributed by atoms with Crippen LogP contribution in [0.15, 0.2) is 30.6 Å². The molecule has 1 aliphatic rings. The van der Waals surface area contributed by atoms with Gasteiger partial charge in [-0.05, 0) is 38.0 Å². The maximum absolute atomic E-state index is 13.4. The number of nitrogens with zero attached hydrogens (tertiary/aromatic N) is 3. The average Bonchev–Trinajstić information content (AvgIpc) is 3.17. The first-order valence-electron chi connectivity index (χ1n) is 8.61. The number of H-pyrrole nitrogens is 1. The van der Waals surface area contributed by atoms with E-state index in [2.05, 4.69) is 11.2 Å². The molecular formula is C19H21FN4O. The maximum atomic E-state index is 13.4. The fourth-order valence-corrected chi connectivity index (χ4v) is 3.70. The van der Waals surface area contributed by atoms with Crippen molar-refractivity contribution in [2.75, 3.05) is 13.1 Å². The number of likely N-dealkylation sites (tertiary alicyclic amines) is 1. The number of aryl methyl sites for hydroxylation is 1. The lowest BCUT2D eigenvalue weighted by Gasteiger charge is -2.31. The summed E-state index contributed by atoms with van der Waals surface area (Å²) in [7, 11) is 0. The summed E-state index contributed by atoms with van der Waals surface area (Å²) in [4.78, 5) is 16.5. The first-order chi connectivity index (χ1) is 12.0. The van der Waals surface area contributed by atoms with Crippen LogP contribution in [0.25, 0.3) is 22.0 Å². The number of amides is 1. The van der Waals surface area contributed by atoms with Gasteiger partial charge in [0.15, 0.2) is 0 Å². The van der Waals surface area contributed by atoms with Crippen molar-refractivity contribution in [3.8, 4) is 11.1 Å². The van der Waals surface area contributed by atoms with Crippen LogP contribution >= 0.6 is 0 Å². The molecule has 0 bridgehead atoms. The SMILES string of the molecule is CC(=O)N1CCC(n2cc(-c3c[nH]c4cc(F)ccc34)c(C)n2)CC1. The summed E-state index contributed by atoms with van der Waals surface area (Å²) in [5.74, 6) is -0.104. The third kappa shape index (κ3) is 2.81. The smallest absolute Gasteiger partial charge is 0.219 e. The van der Waals surface area contributed by atoms with E-state index in [0.717, 1.165) is 53.7 Å². The zero-order valence-corrected chi connectivity index (χ0v) is 14.4. The van der Waals surface area contributed by atoms with Gasteiger partial charge in [-0.15, -0.1) is 0 Å². The molecule has 1 aromatic carbocycles. The van der Waals surface area contributed by atoms with Crippen LogP contribution in [-0.4, -0.2) is 38.7 Å². The number of aromatic nitrogens is 3. The highest BCUT2D eigenvalue weighted by atomic mass is 19.1. The first kappa shape index (κ1) is 15.9. The van der Waals surface area contributed by atoms with E-state index in [0.29, 0.717) is 6.04 Å². The van der Waals surface area contributed by atoms with Gasteiger partial charge in [0.2, 0.25) is 5.91 Å². The number of nitrogens with one attached hydrogen (secondary N) is 1. The van der Waals surface area contributed by atoms with Crippen molar-refractivity contribution in [2.45, 2.75) is 32.7 Å². The lowest BCUT2D eigenvalue weighted by molar-refractivity contribution is -0.130. The van der Waals surface area contributed by atoms with Crippen LogP contribution < -0.4 is 0 Å². The van der Waals surface area contributed by atoms with Crippen molar-refractivity contribution in [1.29, 1.82) is 0 Å². The van der Waals surface area contributed by atoms with Crippen LogP contribution in [0.1, 0.15) is 31.5 Å². The Hall–Kier alpha value is -2.63. The van der Waals surface area contributed by atoms with E-state index >= 15 is 0 Å². The minimum absolute atomic E-state index is 0.141. The Morgan fingerprint density at radius 3 is 2.76 bits per heavy atom. The molecule has 6 heteroatoms. The Morgan fingerprint density at radius 2 is 2.04 bits per heavy atom. The molecular weight excluding hydrogens is 319 g/mol. The van der Waals surface area contributed by atoms with E-state index in [1.54, 1.807) is 13.0 Å². The Bertz CT molecular complexity index is 934. The summed E-state index contributed by atoms with van der Waals surface area (Å²) in [6.45, 7) is 5.18. The molecule has 1 fully saturated rings. The fourth-order valence-electron chi connectivity index (χ4n) is 3.70. The number of hydrogen-bond donors (Lipinski definition) is 1. The number of halogens is 1. The summed E-state index contributed by atoms with van der Waals surface area (Å²) in [5, 5.41) is 5.71. The minimum atomic E-state index is -0.245. The van der Waals surface area contributed by atoms with E-state index in [4.69, 9.17) is 5.10 Å². The molecule has 0 aliphatic carbocycles. The number of carbonyl (C=O) groups is 1. The van der Waals surface area contributed by atoms with E-state index < -0.39 is 0 Å². The van der Waals surface area contributed by atoms with Crippen molar-refractivity contribution < 1.29 is 9.18 Å². The normalized spacial score (nSPS) is 15.9. The topological polar surface area (TPSA) is 53.9 Å². The van der Waals surface area contributed by atoms with E-state index in [-0.39, 0.29) is 11.7 Å². The quantitative estimate of drug-likeness (QED) is 0.774. The molecule has 1 N–H and O–H groups in total. The molecule has 0 saturated carbocycles. The molecule has 4 rings (SSSR count). The van der Waals surface area contributed by atoms with Crippen LogP contribution in [0.2, 0.25) is 0 Å². The molecule has 1 aliphatic heterocycles. The minimum Gasteiger partial charge on any atom is -0.360 e. The largest absolute Gasteiger partial charge is 0.360 e. The highest BCUT2D eigenvalue weighted by Gasteiger charge is 2.23. The number of carbonyl (C=O) groups excluding carboxylic acids is 1. The van der Waals surface area contributed by atoms with Gasteiger partial charge >= 0.3 is 0 Å². The first-order valence-corrected chi connectivity index (χ1v) is 8.61. The second kappa shape index (κ2) is 6.02. The molecule has 0 radical (unpaired) electrons. The lowest BCUT2D eigenvalue weighted by atomic mass is 10.0. The maximum Gasteiger partial charge on any atom is 0.219 e. The predicted octanol–water partition coefficient (Wildman–Crippen LogP) is 3.66. The number of aromatic amines is 1. The highest BCUT2D eigenvalue weighted by molar-refractivity contribution is 5.95. The molecule has 0 spiro atoms. The summed E-state index contributed by atoms with van der Waals surface area (Å²) in [6, 6.07) is 5.11. The van der Waals surface area contributed by atoms with Gasteiger partial charge in [-0.3, -0.25) is 9.48 Å². The molecule has 5 nitrogen and oxygen atoms in total. The molecule has 25 heavy (non-hydrogen) atoms. The molecule has 2 aromatic heterocycles. The van der Waals surface area contributed by atoms with Crippen molar-refractivity contribution in [1.82, 2.24) is 19.7 Å². The van der Waals surface area contributed by atoms with Crippen molar-refractivity contribution in [2.24, 2.45) is 0 Å². The van der Waals surface area contributed by atoms with E-state index in [1.807, 2.05) is 22.7 Å². The van der Waals surface area contributed by atoms with Crippen LogP contribution in [0, 0.1) is 12.7 Å². The number of hydrogen-bond acceptors (Lipinski definition) is 2. The number of piperidine rings is 1. The average molecular weight is 340 g/mol. The Labute approximate surface area is 145 Å². The summed E-state index contributed by atoms with van der Waals surface area (Å²) < 4.78 is 15.4. The van der Waals surface area contributed by atoms with Crippen molar-refractivity contribution in [3.63, 3.8) is 0 Å². The predicted molar refractivity (Wildman–Crippen MR) is 94.7 cm³/mol. The van der Waals surface area contributed by atoms with Gasteiger partial charge in [-0.2, -0.15) is 5.10 Å². The summed E-state index contributed by atoms with van der Waals surface area (Å²) in [5.41, 5.74) is 3.85. The van der Waals surface area contributed by atoms with Crippen LogP contribution in [0.3, 0.4) is 0 Å². The van der Waals surface area contributed by atoms with Crippen LogP contribution in [-0.2, 0) is 4.79 Å². The molecule has 0 atom stereocenters. The third-order valence-electron chi connectivity index (χ3n) is 5.13. The third-order valence-corrected chi connectivity index (χ3v) is 5.13. The lowest BCUT2D eigenvalue weighted by Crippen LogP contribution is -2.37. The van der Waals surface area contributed by atoms with E-state index in [9.17, 15) is 9.18 Å². The summed E-state index contributed by atoms with van der Waals surface area (Å²) >= 11 is 0. The molecule has 130 valence electrons. The zero-order valence-electron chi connectivity index (χ0n) is 14.4. The van der Waals surface area contributed by atoms with Crippen LogP contribution in [0.4, 0.5) is 4.39 Å². The highest BCUT2D eigenvalue weighted by Crippen LogP contribution is 2.32. The fraction of sp³-hybridized carbons (Fsp3) is 0.368. The van der Waals surface area contributed by atoms with Gasteiger partial charge in [-0.1, -0.05) is 0 Å². The van der Waals surface area contributed by atoms with Gasteiger partial charge in [0.05, 0.1) is 11.7 Å². The number of benzene rings is 1.